The summed E-state index contributed by atoms with van der Waals surface area (Å²) in [7, 11) is 3.91. The molecule has 0 saturated heterocycles. The molecule has 0 fully saturated rings. The molecule has 0 amide bonds. The molecule has 1 aliphatic rings. The van der Waals surface area contributed by atoms with Gasteiger partial charge < -0.3 is 16.0 Å². The van der Waals surface area contributed by atoms with E-state index in [1.807, 2.05) is 44.6 Å². The van der Waals surface area contributed by atoms with E-state index in [2.05, 4.69) is 27.4 Å². The molecule has 1 atom stereocenters. The molecule has 5 heteroatoms. The Labute approximate surface area is 129 Å². The molecule has 3 rings (SSSR count). The lowest BCUT2D eigenvalue weighted by Gasteiger charge is -2.33. The van der Waals surface area contributed by atoms with Gasteiger partial charge in [0.25, 0.3) is 0 Å². The van der Waals surface area contributed by atoms with E-state index in [1.54, 1.807) is 0 Å². The summed E-state index contributed by atoms with van der Waals surface area (Å²) >= 11 is 6.34. The molecule has 0 bridgehead atoms. The predicted octanol–water partition coefficient (Wildman–Crippen LogP) is 3.56. The normalized spacial score (nSPS) is 16.7. The maximum absolute atomic E-state index is 6.34. The number of hydrogen-bond acceptors (Lipinski definition) is 4. The summed E-state index contributed by atoms with van der Waals surface area (Å²) < 4.78 is 0. The van der Waals surface area contributed by atoms with Crippen LogP contribution in [0.4, 0.5) is 17.2 Å². The van der Waals surface area contributed by atoms with Crippen molar-refractivity contribution in [2.75, 3.05) is 30.0 Å². The highest BCUT2D eigenvalue weighted by Gasteiger charge is 2.23. The van der Waals surface area contributed by atoms with Crippen molar-refractivity contribution in [1.82, 2.24) is 4.98 Å². The lowest BCUT2D eigenvalue weighted by Crippen LogP contribution is -2.26. The molecule has 108 valence electrons. The van der Waals surface area contributed by atoms with Crippen LogP contribution in [0.5, 0.6) is 0 Å². The van der Waals surface area contributed by atoms with Crippen LogP contribution in [0.3, 0.4) is 0 Å². The number of hydrogen-bond donors (Lipinski definition) is 2. The number of rotatable bonds is 2. The largest absolute Gasteiger partial charge is 0.399 e. The SMILES string of the molecule is CNc1cc2c(cn1)C=CC(c1cc(N)ccc1Cl)N2C. The second-order valence-corrected chi connectivity index (χ2v) is 5.48. The Kier molecular flexibility index (Phi) is 3.47. The Bertz CT molecular complexity index is 711. The maximum Gasteiger partial charge on any atom is 0.127 e. The van der Waals surface area contributed by atoms with Gasteiger partial charge in [0.1, 0.15) is 5.82 Å². The van der Waals surface area contributed by atoms with Crippen LogP contribution < -0.4 is 16.0 Å². The van der Waals surface area contributed by atoms with Crippen molar-refractivity contribution in [3.8, 4) is 0 Å². The minimum Gasteiger partial charge on any atom is -0.399 e. The molecule has 1 aliphatic heterocycles. The molecular formula is C16H17ClN4. The fourth-order valence-electron chi connectivity index (χ4n) is 2.60. The Hall–Kier alpha value is -2.20. The van der Waals surface area contributed by atoms with Crippen molar-refractivity contribution in [2.45, 2.75) is 6.04 Å². The molecule has 0 spiro atoms. The number of nitrogens with two attached hydrogens (primary N) is 1. The van der Waals surface area contributed by atoms with Gasteiger partial charge in [-0.3, -0.25) is 0 Å². The Balaban J connectivity index is 2.05. The maximum atomic E-state index is 6.34. The third-order valence-electron chi connectivity index (χ3n) is 3.76. The zero-order valence-corrected chi connectivity index (χ0v) is 12.7. The fraction of sp³-hybridized carbons (Fsp3) is 0.188. The average Bonchev–Trinajstić information content (AvgIpc) is 2.50. The number of nitrogens with one attached hydrogen (secondary N) is 1. The predicted molar refractivity (Wildman–Crippen MR) is 89.8 cm³/mol. The van der Waals surface area contributed by atoms with E-state index >= 15 is 0 Å². The monoisotopic (exact) mass is 300 g/mol. The number of nitrogens with zero attached hydrogens (tertiary/aromatic N) is 2. The van der Waals surface area contributed by atoms with E-state index in [-0.39, 0.29) is 6.04 Å². The van der Waals surface area contributed by atoms with Crippen LogP contribution in [0.15, 0.2) is 36.5 Å². The van der Waals surface area contributed by atoms with Gasteiger partial charge in [-0.2, -0.15) is 0 Å². The third-order valence-corrected chi connectivity index (χ3v) is 4.11. The first kappa shape index (κ1) is 13.8. The average molecular weight is 301 g/mol. The minimum absolute atomic E-state index is 0.0561. The van der Waals surface area contributed by atoms with Crippen LogP contribution in [0.25, 0.3) is 6.08 Å². The molecule has 0 aliphatic carbocycles. The Morgan fingerprint density at radius 3 is 2.90 bits per heavy atom. The van der Waals surface area contributed by atoms with Gasteiger partial charge in [-0.25, -0.2) is 4.98 Å². The van der Waals surface area contributed by atoms with Gasteiger partial charge >= 0.3 is 0 Å². The van der Waals surface area contributed by atoms with E-state index in [0.29, 0.717) is 5.69 Å². The quantitative estimate of drug-likeness (QED) is 0.833. The van der Waals surface area contributed by atoms with E-state index < -0.39 is 0 Å². The molecule has 3 N–H and O–H groups in total. The van der Waals surface area contributed by atoms with Gasteiger partial charge in [-0.05, 0) is 23.8 Å². The van der Waals surface area contributed by atoms with Gasteiger partial charge in [-0.1, -0.05) is 23.8 Å². The number of halogens is 1. The summed E-state index contributed by atoms with van der Waals surface area (Å²) in [6.07, 6.45) is 6.06. The lowest BCUT2D eigenvalue weighted by molar-refractivity contribution is 0.804. The molecule has 2 aromatic rings. The number of nitrogen functional groups attached to an aromatic ring is 1. The second-order valence-electron chi connectivity index (χ2n) is 5.07. The fourth-order valence-corrected chi connectivity index (χ4v) is 2.83. The van der Waals surface area contributed by atoms with Gasteiger partial charge in [0, 0.05) is 48.3 Å². The van der Waals surface area contributed by atoms with Crippen molar-refractivity contribution in [2.24, 2.45) is 0 Å². The van der Waals surface area contributed by atoms with E-state index in [0.717, 1.165) is 27.7 Å². The molecule has 1 aromatic heterocycles. The van der Waals surface area contributed by atoms with Crippen molar-refractivity contribution >= 4 is 34.9 Å². The number of likely N-dealkylation sites (N-methyl/N-ethyl adjacent to an activating group) is 1. The van der Waals surface area contributed by atoms with Crippen molar-refractivity contribution < 1.29 is 0 Å². The smallest absolute Gasteiger partial charge is 0.127 e. The number of aromatic nitrogens is 1. The van der Waals surface area contributed by atoms with Crippen LogP contribution >= 0.6 is 11.6 Å². The van der Waals surface area contributed by atoms with E-state index in [1.165, 1.54) is 0 Å². The minimum atomic E-state index is 0.0561. The Morgan fingerprint density at radius 2 is 2.14 bits per heavy atom. The number of anilines is 3. The van der Waals surface area contributed by atoms with Crippen LogP contribution in [-0.2, 0) is 0 Å². The Morgan fingerprint density at radius 1 is 1.33 bits per heavy atom. The highest BCUT2D eigenvalue weighted by molar-refractivity contribution is 6.31. The van der Waals surface area contributed by atoms with Gasteiger partial charge in [0.05, 0.1) is 6.04 Å². The molecule has 4 nitrogen and oxygen atoms in total. The van der Waals surface area contributed by atoms with Crippen LogP contribution in [-0.4, -0.2) is 19.1 Å². The van der Waals surface area contributed by atoms with Gasteiger partial charge in [-0.15, -0.1) is 0 Å². The molecule has 2 heterocycles. The number of pyridine rings is 1. The van der Waals surface area contributed by atoms with Crippen molar-refractivity contribution in [1.29, 1.82) is 0 Å². The molecule has 0 saturated carbocycles. The first-order chi connectivity index (χ1) is 10.1. The van der Waals surface area contributed by atoms with Crippen LogP contribution in [0, 0.1) is 0 Å². The van der Waals surface area contributed by atoms with Gasteiger partial charge in [0.2, 0.25) is 0 Å². The molecule has 21 heavy (non-hydrogen) atoms. The number of fused-ring (bicyclic) bond motifs is 1. The molecule has 1 aromatic carbocycles. The summed E-state index contributed by atoms with van der Waals surface area (Å²) in [4.78, 5) is 6.52. The van der Waals surface area contributed by atoms with Crippen molar-refractivity contribution in [3.63, 3.8) is 0 Å². The highest BCUT2D eigenvalue weighted by atomic mass is 35.5. The van der Waals surface area contributed by atoms with E-state index in [4.69, 9.17) is 17.3 Å². The first-order valence-corrected chi connectivity index (χ1v) is 7.11. The summed E-state index contributed by atoms with van der Waals surface area (Å²) in [5, 5.41) is 3.78. The van der Waals surface area contributed by atoms with Crippen LogP contribution in [0.1, 0.15) is 17.2 Å². The standard InChI is InChI=1S/C16H17ClN4/c1-19-16-8-15-10(9-20-16)3-6-14(21(15)2)12-7-11(18)4-5-13(12)17/h3-9,14H,18H2,1-2H3,(H,19,20). The topological polar surface area (TPSA) is 54.2 Å². The first-order valence-electron chi connectivity index (χ1n) is 6.74. The zero-order chi connectivity index (χ0) is 15.0. The zero-order valence-electron chi connectivity index (χ0n) is 12.0. The molecular weight excluding hydrogens is 284 g/mol. The van der Waals surface area contributed by atoms with E-state index in [9.17, 15) is 0 Å². The third kappa shape index (κ3) is 2.43. The molecule has 1 unspecified atom stereocenters. The summed E-state index contributed by atoms with van der Waals surface area (Å²) in [6.45, 7) is 0. The molecule has 0 radical (unpaired) electrons. The lowest BCUT2D eigenvalue weighted by atomic mass is 9.98. The van der Waals surface area contributed by atoms with Crippen LogP contribution in [0.2, 0.25) is 5.02 Å². The van der Waals surface area contributed by atoms with Crippen molar-refractivity contribution in [3.05, 3.63) is 52.7 Å². The summed E-state index contributed by atoms with van der Waals surface area (Å²) in [6, 6.07) is 7.68. The number of benzene rings is 1. The second kappa shape index (κ2) is 5.30. The summed E-state index contributed by atoms with van der Waals surface area (Å²) in [5.74, 6) is 0.841. The highest BCUT2D eigenvalue weighted by Crippen LogP contribution is 2.38. The summed E-state index contributed by atoms with van der Waals surface area (Å²) in [5.41, 5.74) is 9.82. The van der Waals surface area contributed by atoms with Gasteiger partial charge in [0.15, 0.2) is 0 Å².